The van der Waals surface area contributed by atoms with Crippen molar-refractivity contribution in [3.05, 3.63) is 35.1 Å². The Morgan fingerprint density at radius 3 is 2.75 bits per heavy atom. The number of carbonyl (C=O) groups is 2. The lowest BCUT2D eigenvalue weighted by Crippen LogP contribution is -2.49. The number of aliphatic carboxylic acids is 1. The highest BCUT2D eigenvalue weighted by molar-refractivity contribution is 5.96. The van der Waals surface area contributed by atoms with E-state index in [-0.39, 0.29) is 11.9 Å². The van der Waals surface area contributed by atoms with Gasteiger partial charge in [0.1, 0.15) is 5.82 Å². The molecule has 0 unspecified atom stereocenters. The third-order valence-corrected chi connectivity index (χ3v) is 4.06. The van der Waals surface area contributed by atoms with E-state index in [1.807, 2.05) is 0 Å². The predicted octanol–water partition coefficient (Wildman–Crippen LogP) is 2.46. The van der Waals surface area contributed by atoms with Crippen LogP contribution in [0.25, 0.3) is 0 Å². The second kappa shape index (κ2) is 5.61. The van der Waals surface area contributed by atoms with Crippen LogP contribution in [0.1, 0.15) is 35.7 Å². The zero-order chi connectivity index (χ0) is 14.9. The number of rotatable bonds is 2. The average molecular weight is 279 g/mol. The Balaban J connectivity index is 2.28. The monoisotopic (exact) mass is 279 g/mol. The van der Waals surface area contributed by atoms with Crippen molar-refractivity contribution >= 4 is 11.9 Å². The summed E-state index contributed by atoms with van der Waals surface area (Å²) in [7, 11) is 0. The maximum absolute atomic E-state index is 13.5. The third kappa shape index (κ3) is 2.53. The van der Waals surface area contributed by atoms with E-state index >= 15 is 0 Å². The number of carboxylic acid groups (broad SMARTS) is 1. The molecule has 1 aliphatic rings. The Hall–Kier alpha value is -1.91. The Morgan fingerprint density at radius 2 is 2.10 bits per heavy atom. The van der Waals surface area contributed by atoms with Crippen molar-refractivity contribution in [2.24, 2.45) is 5.92 Å². The van der Waals surface area contributed by atoms with Crippen LogP contribution in [0.2, 0.25) is 0 Å². The molecular formula is C15H18FNO3. The molecule has 0 radical (unpaired) electrons. The minimum Gasteiger partial charge on any atom is -0.481 e. The van der Waals surface area contributed by atoms with Gasteiger partial charge in [-0.3, -0.25) is 9.59 Å². The van der Waals surface area contributed by atoms with E-state index in [0.717, 1.165) is 0 Å². The van der Waals surface area contributed by atoms with Gasteiger partial charge in [0, 0.05) is 18.2 Å². The van der Waals surface area contributed by atoms with Crippen LogP contribution in [0.4, 0.5) is 4.39 Å². The first kappa shape index (κ1) is 14.5. The van der Waals surface area contributed by atoms with Crippen molar-refractivity contribution in [2.45, 2.75) is 32.7 Å². The summed E-state index contributed by atoms with van der Waals surface area (Å²) in [5, 5.41) is 9.18. The number of likely N-dealkylation sites (tertiary alicyclic amines) is 1. The Labute approximate surface area is 117 Å². The van der Waals surface area contributed by atoms with Crippen molar-refractivity contribution in [3.8, 4) is 0 Å². The number of hydrogen-bond acceptors (Lipinski definition) is 2. The number of benzene rings is 1. The number of piperidine rings is 1. The fourth-order valence-corrected chi connectivity index (χ4v) is 2.75. The molecule has 1 fully saturated rings. The SMILES string of the molecule is Cc1c(F)cccc1C(=O)N1CCC[C@@H](C(=O)O)[C@H]1C. The fraction of sp³-hybridized carbons (Fsp3) is 0.467. The Morgan fingerprint density at radius 1 is 1.40 bits per heavy atom. The molecular weight excluding hydrogens is 261 g/mol. The van der Waals surface area contributed by atoms with Gasteiger partial charge in [0.05, 0.1) is 5.92 Å². The summed E-state index contributed by atoms with van der Waals surface area (Å²) in [6, 6.07) is 4.01. The summed E-state index contributed by atoms with van der Waals surface area (Å²) < 4.78 is 13.5. The van der Waals surface area contributed by atoms with Gasteiger partial charge in [0.15, 0.2) is 0 Å². The van der Waals surface area contributed by atoms with Crippen molar-refractivity contribution in [1.29, 1.82) is 0 Å². The van der Waals surface area contributed by atoms with E-state index in [0.29, 0.717) is 30.5 Å². The molecule has 1 aliphatic heterocycles. The minimum atomic E-state index is -0.883. The number of nitrogens with zero attached hydrogens (tertiary/aromatic N) is 1. The molecule has 20 heavy (non-hydrogen) atoms. The zero-order valence-corrected chi connectivity index (χ0v) is 11.6. The number of hydrogen-bond donors (Lipinski definition) is 1. The highest BCUT2D eigenvalue weighted by Gasteiger charge is 2.36. The van der Waals surface area contributed by atoms with Crippen molar-refractivity contribution in [2.75, 3.05) is 6.54 Å². The topological polar surface area (TPSA) is 57.6 Å². The third-order valence-electron chi connectivity index (χ3n) is 4.06. The summed E-state index contributed by atoms with van der Waals surface area (Å²) in [6.45, 7) is 3.82. The van der Waals surface area contributed by atoms with Gasteiger partial charge in [-0.25, -0.2) is 4.39 Å². The van der Waals surface area contributed by atoms with Gasteiger partial charge in [0.25, 0.3) is 5.91 Å². The van der Waals surface area contributed by atoms with Gasteiger partial charge in [-0.1, -0.05) is 6.07 Å². The summed E-state index contributed by atoms with van der Waals surface area (Å²) >= 11 is 0. The molecule has 5 heteroatoms. The predicted molar refractivity (Wildman–Crippen MR) is 72.0 cm³/mol. The molecule has 0 aromatic heterocycles. The number of amides is 1. The van der Waals surface area contributed by atoms with Crippen LogP contribution in [0.15, 0.2) is 18.2 Å². The lowest BCUT2D eigenvalue weighted by molar-refractivity contribution is -0.144. The molecule has 0 bridgehead atoms. The van der Waals surface area contributed by atoms with E-state index < -0.39 is 17.7 Å². The maximum Gasteiger partial charge on any atom is 0.308 e. The van der Waals surface area contributed by atoms with Gasteiger partial charge >= 0.3 is 5.97 Å². The molecule has 1 aromatic rings. The Bertz CT molecular complexity index is 544. The highest BCUT2D eigenvalue weighted by Crippen LogP contribution is 2.26. The number of carboxylic acids is 1. The highest BCUT2D eigenvalue weighted by atomic mass is 19.1. The van der Waals surface area contributed by atoms with Gasteiger partial charge in [-0.2, -0.15) is 0 Å². The summed E-state index contributed by atoms with van der Waals surface area (Å²) in [6.07, 6.45) is 1.23. The van der Waals surface area contributed by atoms with Crippen LogP contribution in [-0.2, 0) is 4.79 Å². The van der Waals surface area contributed by atoms with Crippen LogP contribution in [0.3, 0.4) is 0 Å². The average Bonchev–Trinajstić information content (AvgIpc) is 2.41. The zero-order valence-electron chi connectivity index (χ0n) is 11.6. The largest absolute Gasteiger partial charge is 0.481 e. The van der Waals surface area contributed by atoms with Crippen LogP contribution >= 0.6 is 0 Å². The summed E-state index contributed by atoms with van der Waals surface area (Å²) in [4.78, 5) is 25.3. The molecule has 1 saturated heterocycles. The lowest BCUT2D eigenvalue weighted by Gasteiger charge is -2.37. The van der Waals surface area contributed by atoms with Crippen LogP contribution < -0.4 is 0 Å². The van der Waals surface area contributed by atoms with Gasteiger partial charge in [-0.05, 0) is 44.4 Å². The molecule has 0 aliphatic carbocycles. The second-order valence-corrected chi connectivity index (χ2v) is 5.24. The molecule has 108 valence electrons. The van der Waals surface area contributed by atoms with Crippen LogP contribution in [-0.4, -0.2) is 34.5 Å². The van der Waals surface area contributed by atoms with Crippen LogP contribution in [0, 0.1) is 18.7 Å². The number of halogens is 1. The van der Waals surface area contributed by atoms with E-state index in [1.165, 1.54) is 12.1 Å². The minimum absolute atomic E-state index is 0.291. The molecule has 1 heterocycles. The van der Waals surface area contributed by atoms with Crippen LogP contribution in [0.5, 0.6) is 0 Å². The molecule has 1 aromatic carbocycles. The standard InChI is InChI=1S/C15H18FNO3/c1-9-11(5-3-7-13(9)16)14(18)17-8-4-6-12(10(17)2)15(19)20/h3,5,7,10,12H,4,6,8H2,1-2H3,(H,19,20)/t10-,12-/m1/s1. The smallest absolute Gasteiger partial charge is 0.308 e. The van der Waals surface area contributed by atoms with E-state index in [1.54, 1.807) is 24.8 Å². The molecule has 1 N–H and O–H groups in total. The lowest BCUT2D eigenvalue weighted by atomic mass is 9.89. The van der Waals surface area contributed by atoms with Gasteiger partial charge < -0.3 is 10.0 Å². The van der Waals surface area contributed by atoms with E-state index in [2.05, 4.69) is 0 Å². The fourth-order valence-electron chi connectivity index (χ4n) is 2.75. The first-order chi connectivity index (χ1) is 9.43. The van der Waals surface area contributed by atoms with Crippen molar-refractivity contribution < 1.29 is 19.1 Å². The number of carbonyl (C=O) groups excluding carboxylic acids is 1. The van der Waals surface area contributed by atoms with E-state index in [4.69, 9.17) is 0 Å². The van der Waals surface area contributed by atoms with Gasteiger partial charge in [-0.15, -0.1) is 0 Å². The molecule has 2 rings (SSSR count). The normalized spacial score (nSPS) is 22.6. The van der Waals surface area contributed by atoms with Crippen molar-refractivity contribution in [3.63, 3.8) is 0 Å². The van der Waals surface area contributed by atoms with Crippen molar-refractivity contribution in [1.82, 2.24) is 4.90 Å². The summed E-state index contributed by atoms with van der Waals surface area (Å²) in [5.41, 5.74) is 0.616. The summed E-state index contributed by atoms with van der Waals surface area (Å²) in [5.74, 6) is -2.15. The molecule has 1 amide bonds. The first-order valence-electron chi connectivity index (χ1n) is 6.72. The molecule has 4 nitrogen and oxygen atoms in total. The first-order valence-corrected chi connectivity index (χ1v) is 6.72. The maximum atomic E-state index is 13.5. The quantitative estimate of drug-likeness (QED) is 0.904. The van der Waals surface area contributed by atoms with E-state index in [9.17, 15) is 19.1 Å². The Kier molecular flexibility index (Phi) is 4.06. The van der Waals surface area contributed by atoms with Gasteiger partial charge in [0.2, 0.25) is 0 Å². The molecule has 0 saturated carbocycles. The molecule has 0 spiro atoms. The second-order valence-electron chi connectivity index (χ2n) is 5.24. The molecule has 2 atom stereocenters.